The van der Waals surface area contributed by atoms with Crippen molar-refractivity contribution in [1.29, 1.82) is 0 Å². The van der Waals surface area contributed by atoms with Crippen LogP contribution in [0.5, 0.6) is 0 Å². The Hall–Kier alpha value is -1.86. The predicted molar refractivity (Wildman–Crippen MR) is 92.5 cm³/mol. The molecule has 0 radical (unpaired) electrons. The van der Waals surface area contributed by atoms with Gasteiger partial charge in [-0.25, -0.2) is 0 Å². The molecule has 1 aliphatic heterocycles. The first kappa shape index (κ1) is 17.0. The van der Waals surface area contributed by atoms with Crippen LogP contribution >= 0.6 is 0 Å². The van der Waals surface area contributed by atoms with Crippen LogP contribution in [0.3, 0.4) is 0 Å². The molecule has 1 aromatic heterocycles. The Morgan fingerprint density at radius 3 is 2.75 bits per heavy atom. The van der Waals surface area contributed by atoms with Gasteiger partial charge in [-0.2, -0.15) is 13.5 Å². The van der Waals surface area contributed by atoms with E-state index in [1.807, 2.05) is 18.2 Å². The van der Waals surface area contributed by atoms with Crippen LogP contribution in [-0.4, -0.2) is 24.8 Å². The molecule has 0 saturated carbocycles. The van der Waals surface area contributed by atoms with Crippen molar-refractivity contribution in [3.05, 3.63) is 41.1 Å². The van der Waals surface area contributed by atoms with Crippen molar-refractivity contribution in [2.45, 2.75) is 44.2 Å². The first-order chi connectivity index (χ1) is 11.2. The third-order valence-electron chi connectivity index (χ3n) is 4.14. The molecule has 0 bridgehead atoms. The standard InChI is InChI=1S/C17H23N3O3S/c1-17(2,3)12-6-5-7-13(10-12)19-24(21,22)16-14-11-23-9-8-15(14)18-20(16)4/h5-7,10,19H,8-9,11H2,1-4H3. The molecule has 0 spiro atoms. The number of sulfonamides is 1. The maximum Gasteiger partial charge on any atom is 0.279 e. The van der Waals surface area contributed by atoms with E-state index in [0.717, 1.165) is 11.3 Å². The van der Waals surface area contributed by atoms with Gasteiger partial charge in [0.2, 0.25) is 0 Å². The van der Waals surface area contributed by atoms with Gasteiger partial charge in [0, 0.05) is 24.7 Å². The SMILES string of the molecule is Cn1nc2c(c1S(=O)(=O)Nc1cccc(C(C)(C)C)c1)COCC2. The lowest BCUT2D eigenvalue weighted by molar-refractivity contribution is 0.108. The summed E-state index contributed by atoms with van der Waals surface area (Å²) >= 11 is 0. The zero-order valence-corrected chi connectivity index (χ0v) is 15.3. The van der Waals surface area contributed by atoms with Gasteiger partial charge in [0.1, 0.15) is 0 Å². The lowest BCUT2D eigenvalue weighted by Gasteiger charge is -2.20. The van der Waals surface area contributed by atoms with Crippen molar-refractivity contribution in [3.63, 3.8) is 0 Å². The van der Waals surface area contributed by atoms with Crippen molar-refractivity contribution < 1.29 is 13.2 Å². The van der Waals surface area contributed by atoms with Gasteiger partial charge in [0.25, 0.3) is 10.0 Å². The number of benzene rings is 1. The summed E-state index contributed by atoms with van der Waals surface area (Å²) < 4.78 is 35.3. The van der Waals surface area contributed by atoms with Crippen molar-refractivity contribution in [1.82, 2.24) is 9.78 Å². The van der Waals surface area contributed by atoms with E-state index >= 15 is 0 Å². The number of anilines is 1. The molecule has 0 aliphatic carbocycles. The molecule has 0 atom stereocenters. The topological polar surface area (TPSA) is 73.2 Å². The van der Waals surface area contributed by atoms with E-state index in [1.54, 1.807) is 13.1 Å². The average molecular weight is 349 g/mol. The molecule has 1 N–H and O–H groups in total. The molecule has 3 rings (SSSR count). The summed E-state index contributed by atoms with van der Waals surface area (Å²) in [4.78, 5) is 0. The second-order valence-corrected chi connectivity index (χ2v) is 8.69. The largest absolute Gasteiger partial charge is 0.376 e. The van der Waals surface area contributed by atoms with Crippen LogP contribution in [-0.2, 0) is 40.3 Å². The monoisotopic (exact) mass is 349 g/mol. The van der Waals surface area contributed by atoms with E-state index in [-0.39, 0.29) is 17.0 Å². The zero-order valence-electron chi connectivity index (χ0n) is 14.5. The van der Waals surface area contributed by atoms with E-state index in [0.29, 0.717) is 24.3 Å². The van der Waals surface area contributed by atoms with E-state index in [4.69, 9.17) is 4.74 Å². The third-order valence-corrected chi connectivity index (χ3v) is 5.66. The highest BCUT2D eigenvalue weighted by Crippen LogP contribution is 2.28. The zero-order chi connectivity index (χ0) is 17.5. The maximum absolute atomic E-state index is 12.9. The predicted octanol–water partition coefficient (Wildman–Crippen LogP) is 2.59. The Kier molecular flexibility index (Phi) is 4.17. The Morgan fingerprint density at radius 1 is 1.29 bits per heavy atom. The number of aryl methyl sites for hydroxylation is 1. The van der Waals surface area contributed by atoms with Crippen LogP contribution < -0.4 is 4.72 Å². The minimum atomic E-state index is -3.73. The summed E-state index contributed by atoms with van der Waals surface area (Å²) in [6.07, 6.45) is 0.637. The van der Waals surface area contributed by atoms with Gasteiger partial charge in [0.05, 0.1) is 18.9 Å². The van der Waals surface area contributed by atoms with Gasteiger partial charge in [-0.15, -0.1) is 0 Å². The second kappa shape index (κ2) is 5.89. The van der Waals surface area contributed by atoms with Crippen molar-refractivity contribution in [2.24, 2.45) is 7.05 Å². The van der Waals surface area contributed by atoms with E-state index in [9.17, 15) is 8.42 Å². The fourth-order valence-electron chi connectivity index (χ4n) is 2.88. The summed E-state index contributed by atoms with van der Waals surface area (Å²) in [5.74, 6) is 0. The lowest BCUT2D eigenvalue weighted by atomic mass is 9.87. The summed E-state index contributed by atoms with van der Waals surface area (Å²) in [5, 5.41) is 4.51. The number of hydrogen-bond acceptors (Lipinski definition) is 4. The minimum absolute atomic E-state index is 0.0546. The van der Waals surface area contributed by atoms with Crippen molar-refractivity contribution >= 4 is 15.7 Å². The highest BCUT2D eigenvalue weighted by molar-refractivity contribution is 7.92. The van der Waals surface area contributed by atoms with Crippen molar-refractivity contribution in [2.75, 3.05) is 11.3 Å². The van der Waals surface area contributed by atoms with Gasteiger partial charge >= 0.3 is 0 Å². The fraction of sp³-hybridized carbons (Fsp3) is 0.471. The molecule has 0 unspecified atom stereocenters. The van der Waals surface area contributed by atoms with Crippen LogP contribution in [0.4, 0.5) is 5.69 Å². The van der Waals surface area contributed by atoms with Crippen LogP contribution in [0.25, 0.3) is 0 Å². The maximum atomic E-state index is 12.9. The molecule has 0 fully saturated rings. The number of fused-ring (bicyclic) bond motifs is 1. The molecule has 130 valence electrons. The lowest BCUT2D eigenvalue weighted by Crippen LogP contribution is -2.20. The third kappa shape index (κ3) is 3.18. The Balaban J connectivity index is 1.97. The molecule has 6 nitrogen and oxygen atoms in total. The molecule has 1 aliphatic rings. The van der Waals surface area contributed by atoms with Crippen LogP contribution in [0, 0.1) is 0 Å². The molecular formula is C17H23N3O3S. The Labute approximate surface area is 142 Å². The number of rotatable bonds is 3. The molecule has 0 amide bonds. The van der Waals surface area contributed by atoms with Gasteiger partial charge in [-0.3, -0.25) is 9.40 Å². The normalized spacial score (nSPS) is 15.2. The average Bonchev–Trinajstić information content (AvgIpc) is 2.82. The van der Waals surface area contributed by atoms with Gasteiger partial charge < -0.3 is 4.74 Å². The van der Waals surface area contributed by atoms with Gasteiger partial charge in [0.15, 0.2) is 5.03 Å². The Morgan fingerprint density at radius 2 is 2.04 bits per heavy atom. The van der Waals surface area contributed by atoms with E-state index in [2.05, 4.69) is 30.6 Å². The first-order valence-electron chi connectivity index (χ1n) is 7.94. The quantitative estimate of drug-likeness (QED) is 0.924. The number of hydrogen-bond donors (Lipinski definition) is 1. The molecule has 0 saturated heterocycles. The number of nitrogens with one attached hydrogen (secondary N) is 1. The molecule has 2 aromatic rings. The smallest absolute Gasteiger partial charge is 0.279 e. The Bertz CT molecular complexity index is 864. The highest BCUT2D eigenvalue weighted by atomic mass is 32.2. The first-order valence-corrected chi connectivity index (χ1v) is 9.42. The molecule has 24 heavy (non-hydrogen) atoms. The molecule has 1 aromatic carbocycles. The molecule has 2 heterocycles. The summed E-state index contributed by atoms with van der Waals surface area (Å²) in [7, 11) is -2.08. The van der Waals surface area contributed by atoms with Crippen LogP contribution in [0.15, 0.2) is 29.3 Å². The van der Waals surface area contributed by atoms with Crippen molar-refractivity contribution in [3.8, 4) is 0 Å². The van der Waals surface area contributed by atoms with Gasteiger partial charge in [-0.1, -0.05) is 32.9 Å². The van der Waals surface area contributed by atoms with E-state index in [1.165, 1.54) is 4.68 Å². The van der Waals surface area contributed by atoms with Gasteiger partial charge in [-0.05, 0) is 23.1 Å². The second-order valence-electron chi connectivity index (χ2n) is 7.09. The minimum Gasteiger partial charge on any atom is -0.376 e. The molecular weight excluding hydrogens is 326 g/mol. The van der Waals surface area contributed by atoms with Crippen LogP contribution in [0.2, 0.25) is 0 Å². The molecule has 7 heteroatoms. The summed E-state index contributed by atoms with van der Waals surface area (Å²) in [6.45, 7) is 7.13. The van der Waals surface area contributed by atoms with Crippen LogP contribution in [0.1, 0.15) is 37.6 Å². The summed E-state index contributed by atoms with van der Waals surface area (Å²) in [5.41, 5.74) is 3.02. The number of aromatic nitrogens is 2. The summed E-state index contributed by atoms with van der Waals surface area (Å²) in [6, 6.07) is 7.49. The highest BCUT2D eigenvalue weighted by Gasteiger charge is 2.29. The number of ether oxygens (including phenoxy) is 1. The van der Waals surface area contributed by atoms with E-state index < -0.39 is 10.0 Å². The fourth-order valence-corrected chi connectivity index (χ4v) is 4.31. The number of nitrogens with zero attached hydrogens (tertiary/aromatic N) is 2.